The van der Waals surface area contributed by atoms with Gasteiger partial charge in [0.15, 0.2) is 0 Å². The zero-order valence-electron chi connectivity index (χ0n) is 3.12. The molecule has 7 heteroatoms. The Morgan fingerprint density at radius 2 is 1.71 bits per heavy atom. The summed E-state index contributed by atoms with van der Waals surface area (Å²) in [6, 6.07) is 0. The Morgan fingerprint density at radius 3 is 1.86 bits per heavy atom. The summed E-state index contributed by atoms with van der Waals surface area (Å²) in [5, 5.41) is 0. The van der Waals surface area contributed by atoms with Gasteiger partial charge in [-0.05, 0) is 0 Å². The molecule has 0 saturated carbocycles. The van der Waals surface area contributed by atoms with E-state index in [1.54, 1.807) is 0 Å². The van der Waals surface area contributed by atoms with E-state index < -0.39 is 0 Å². The summed E-state index contributed by atoms with van der Waals surface area (Å²) in [4.78, 5) is 0. The van der Waals surface area contributed by atoms with Gasteiger partial charge in [-0.3, -0.25) is 0 Å². The van der Waals surface area contributed by atoms with Gasteiger partial charge < -0.3 is 13.5 Å². The van der Waals surface area contributed by atoms with E-state index in [4.69, 9.17) is 0 Å². The first kappa shape index (κ1) is 10.9. The molecule has 1 fully saturated rings. The number of rotatable bonds is 0. The number of hydrogen-bond donors (Lipinski definition) is 0. The summed E-state index contributed by atoms with van der Waals surface area (Å²) in [6.07, 6.45) is 0. The van der Waals surface area contributed by atoms with Crippen LogP contribution in [0.15, 0.2) is 0 Å². The molecule has 1 aliphatic rings. The zero-order valence-corrected chi connectivity index (χ0v) is 14.7. The van der Waals surface area contributed by atoms with E-state index in [9.17, 15) is 0 Å². The number of hydrogen-bond acceptors (Lipinski definition) is 4. The van der Waals surface area contributed by atoms with E-state index in [1.165, 1.54) is 0 Å². The van der Waals surface area contributed by atoms with Crippen molar-refractivity contribution in [2.24, 2.45) is 0 Å². The second kappa shape index (κ2) is 7.96. The third-order valence-electron chi connectivity index (χ3n) is 0.232. The van der Waals surface area contributed by atoms with Crippen molar-refractivity contribution in [1.82, 2.24) is 0 Å². The van der Waals surface area contributed by atoms with Crippen molar-refractivity contribution < 1.29 is 0 Å². The van der Waals surface area contributed by atoms with Gasteiger partial charge in [0.1, 0.15) is 0 Å². The molecule has 1 saturated heterocycles. The van der Waals surface area contributed by atoms with Crippen LogP contribution in [0.3, 0.4) is 0 Å². The first-order chi connectivity index (χ1) is 3.00. The third-order valence-corrected chi connectivity index (χ3v) is 94.1. The van der Waals surface area contributed by atoms with E-state index in [1.807, 2.05) is 0 Å². The van der Waals surface area contributed by atoms with Gasteiger partial charge in [0.2, 0.25) is 0 Å². The molecule has 1 aliphatic heterocycles. The summed E-state index contributed by atoms with van der Waals surface area (Å²) in [7, 11) is 0. The Balaban J connectivity index is 0.000000360. The van der Waals surface area contributed by atoms with Crippen molar-refractivity contribution in [2.45, 2.75) is 0 Å². The van der Waals surface area contributed by atoms with Gasteiger partial charge >= 0.3 is 74.3 Å². The predicted octanol–water partition coefficient (Wildman–Crippen LogP) is -0.00330. The van der Waals surface area contributed by atoms with Crippen LogP contribution >= 0.6 is 17.8 Å². The van der Waals surface area contributed by atoms with Crippen LogP contribution in [0.25, 0.3) is 0 Å². The second-order valence-electron chi connectivity index (χ2n) is 0.526. The maximum absolute atomic E-state index is 2.40. The Kier molecular flexibility index (Phi) is 12.3. The molecule has 0 aromatic heterocycles. The Bertz CT molecular complexity index is 22.4. The average molecular weight is 497 g/mol. The molecule has 0 nitrogen and oxygen atoms in total. The van der Waals surface area contributed by atoms with Crippen LogP contribution in [-0.2, 0) is 13.5 Å². The molecule has 0 atom stereocenters. The third kappa shape index (κ3) is 6.26. The summed E-state index contributed by atoms with van der Waals surface area (Å²) in [5.74, 6) is 7.16. The minimum atomic E-state index is 0. The molecule has 43 valence electrons. The van der Waals surface area contributed by atoms with Crippen LogP contribution in [0.1, 0.15) is 0 Å². The van der Waals surface area contributed by atoms with Gasteiger partial charge in [-0.1, -0.05) is 0 Å². The fourth-order valence-corrected chi connectivity index (χ4v) is 210. The number of thiol groups is 1. The molecular weight excluding hydrogens is 494 g/mol. The van der Waals surface area contributed by atoms with Crippen molar-refractivity contribution in [3.63, 3.8) is 0 Å². The van der Waals surface area contributed by atoms with Gasteiger partial charge in [-0.15, -0.1) is 0 Å². The first-order valence-corrected chi connectivity index (χ1v) is 23.8. The van der Waals surface area contributed by atoms with Gasteiger partial charge in [0.05, 0.1) is 0 Å². The normalized spacial score (nSPS) is 20.6. The van der Waals surface area contributed by atoms with E-state index >= 15 is 0 Å². The van der Waals surface area contributed by atoms with E-state index in [2.05, 4.69) is 17.8 Å². The van der Waals surface area contributed by atoms with Crippen molar-refractivity contribution in [3.8, 4) is 0 Å². The fraction of sp³-hybridized carbons (Fsp3) is 0. The molecule has 0 spiro atoms. The van der Waals surface area contributed by atoms with Gasteiger partial charge in [0, 0.05) is 0 Å². The maximum atomic E-state index is 2.40. The molecular formula is H3S4Sb3-. The van der Waals surface area contributed by atoms with E-state index in [-0.39, 0.29) is 51.1 Å². The average Bonchev–Trinajstić information content (AvgIpc) is 1.72. The molecule has 0 unspecified atom stereocenters. The molecule has 0 aromatic rings. The SMILES string of the molecule is [SH-].[S]1[Sb][S][SbH][S][SbH]1. The predicted molar refractivity (Wildman–Crippen MR) is 51.6 cm³/mol. The minimum absolute atomic E-state index is 0. The monoisotopic (exact) mass is 494 g/mol. The standard InChI is InChI=1S/H2S.3S.3Sb.2H/h1H2;;;;;;;;/p-1. The van der Waals surface area contributed by atoms with Crippen LogP contribution in [0, 0.1) is 0 Å². The molecule has 0 N–H and O–H groups in total. The molecule has 0 aliphatic carbocycles. The first-order valence-electron chi connectivity index (χ1n) is 1.18. The molecule has 0 bridgehead atoms. The molecule has 0 aromatic carbocycles. The van der Waals surface area contributed by atoms with Crippen LogP contribution in [0.4, 0.5) is 0 Å². The quantitative estimate of drug-likeness (QED) is 0.263. The molecule has 1 heterocycles. The molecule has 7 heavy (non-hydrogen) atoms. The van der Waals surface area contributed by atoms with Crippen molar-refractivity contribution in [3.05, 3.63) is 0 Å². The van der Waals surface area contributed by atoms with Crippen LogP contribution in [0.5, 0.6) is 0 Å². The molecule has 1 rings (SSSR count). The van der Waals surface area contributed by atoms with Crippen molar-refractivity contribution in [1.29, 1.82) is 0 Å². The fourth-order valence-electron chi connectivity index (χ4n) is 0.103. The van der Waals surface area contributed by atoms with Gasteiger partial charge in [-0.2, -0.15) is 0 Å². The van der Waals surface area contributed by atoms with Crippen molar-refractivity contribution in [2.75, 3.05) is 0 Å². The summed E-state index contributed by atoms with van der Waals surface area (Å²) in [6.45, 7) is 0. The zero-order chi connectivity index (χ0) is 4.24. The Hall–Kier alpha value is 3.85. The summed E-state index contributed by atoms with van der Waals surface area (Å²) < 4.78 is 0. The van der Waals surface area contributed by atoms with Crippen LogP contribution in [-0.4, -0.2) is 56.4 Å². The molecule has 1 radical (unpaired) electrons. The molecule has 0 amide bonds. The van der Waals surface area contributed by atoms with E-state index in [0.717, 1.165) is 0 Å². The van der Waals surface area contributed by atoms with Crippen LogP contribution in [0.2, 0.25) is 0 Å². The van der Waals surface area contributed by atoms with E-state index in [0.29, 0.717) is 18.8 Å². The Labute approximate surface area is 85.3 Å². The second-order valence-corrected chi connectivity index (χ2v) is 53.0. The topological polar surface area (TPSA) is 0 Å². The van der Waals surface area contributed by atoms with Crippen LogP contribution < -0.4 is 0 Å². The summed E-state index contributed by atoms with van der Waals surface area (Å²) >= 11 is 0.875. The Morgan fingerprint density at radius 1 is 1.14 bits per heavy atom. The van der Waals surface area contributed by atoms with Gasteiger partial charge in [-0.25, -0.2) is 0 Å². The van der Waals surface area contributed by atoms with Gasteiger partial charge in [0.25, 0.3) is 0 Å². The summed E-state index contributed by atoms with van der Waals surface area (Å²) in [5.41, 5.74) is 0. The van der Waals surface area contributed by atoms with Crippen molar-refractivity contribution >= 4 is 87.7 Å².